The Morgan fingerprint density at radius 1 is 1.25 bits per heavy atom. The number of nitrogens with zero attached hydrogens (tertiary/aromatic N) is 1. The quantitative estimate of drug-likeness (QED) is 0.680. The lowest BCUT2D eigenvalue weighted by Crippen LogP contribution is -2.34. The summed E-state index contributed by atoms with van der Waals surface area (Å²) in [5.74, 6) is 0.936. The van der Waals surface area contributed by atoms with Gasteiger partial charge in [0.25, 0.3) is 0 Å². The van der Waals surface area contributed by atoms with Gasteiger partial charge in [-0.2, -0.15) is 0 Å². The van der Waals surface area contributed by atoms with Gasteiger partial charge < -0.3 is 4.90 Å². The highest BCUT2D eigenvalue weighted by molar-refractivity contribution is 4.95. The van der Waals surface area contributed by atoms with Gasteiger partial charge in [0.15, 0.2) is 0 Å². The van der Waals surface area contributed by atoms with Crippen LogP contribution in [-0.2, 0) is 0 Å². The molecule has 0 aromatic carbocycles. The average molecular weight is 223 g/mol. The van der Waals surface area contributed by atoms with Crippen molar-refractivity contribution >= 4 is 0 Å². The fourth-order valence-electron chi connectivity index (χ4n) is 2.77. The summed E-state index contributed by atoms with van der Waals surface area (Å²) in [5, 5.41) is 0. The molecule has 1 aliphatic heterocycles. The van der Waals surface area contributed by atoms with Gasteiger partial charge in [0.2, 0.25) is 0 Å². The molecular formula is C15H29N. The molecule has 16 heavy (non-hydrogen) atoms. The predicted molar refractivity (Wildman–Crippen MR) is 72.4 cm³/mol. The van der Waals surface area contributed by atoms with E-state index in [1.807, 2.05) is 0 Å². The van der Waals surface area contributed by atoms with Crippen molar-refractivity contribution in [1.82, 2.24) is 4.90 Å². The molecule has 0 unspecified atom stereocenters. The molecule has 0 saturated carbocycles. The van der Waals surface area contributed by atoms with Crippen LogP contribution in [0.15, 0.2) is 12.3 Å². The fourth-order valence-corrected chi connectivity index (χ4v) is 2.77. The highest BCUT2D eigenvalue weighted by atomic mass is 15.1. The van der Waals surface area contributed by atoms with E-state index in [9.17, 15) is 0 Å². The maximum atomic E-state index is 4.19. The van der Waals surface area contributed by atoms with Crippen LogP contribution in [-0.4, -0.2) is 18.0 Å². The number of hydrogen-bond acceptors (Lipinski definition) is 1. The van der Waals surface area contributed by atoms with Gasteiger partial charge in [-0.15, -0.1) is 0 Å². The van der Waals surface area contributed by atoms with Crippen LogP contribution in [0.3, 0.4) is 0 Å². The highest BCUT2D eigenvalue weighted by Crippen LogP contribution is 2.31. The molecule has 1 aliphatic rings. The van der Waals surface area contributed by atoms with Crippen molar-refractivity contribution in [1.29, 1.82) is 0 Å². The summed E-state index contributed by atoms with van der Waals surface area (Å²) in [6.07, 6.45) is 6.49. The standard InChI is InChI=1S/C15H29N/c1-6-7-13(2)16-10-8-14(9-11-16)12-15(3,4)5/h14H,2,6-12H2,1,3-5H3. The highest BCUT2D eigenvalue weighted by Gasteiger charge is 2.23. The lowest BCUT2D eigenvalue weighted by molar-refractivity contribution is 0.177. The van der Waals surface area contributed by atoms with E-state index in [1.165, 1.54) is 50.9 Å². The van der Waals surface area contributed by atoms with Gasteiger partial charge in [0, 0.05) is 18.8 Å². The van der Waals surface area contributed by atoms with Crippen LogP contribution in [0, 0.1) is 11.3 Å². The van der Waals surface area contributed by atoms with Gasteiger partial charge >= 0.3 is 0 Å². The molecule has 1 saturated heterocycles. The maximum absolute atomic E-state index is 4.19. The molecule has 0 radical (unpaired) electrons. The van der Waals surface area contributed by atoms with E-state index < -0.39 is 0 Å². The second kappa shape index (κ2) is 5.75. The van der Waals surface area contributed by atoms with Gasteiger partial charge in [0.1, 0.15) is 0 Å². The minimum absolute atomic E-state index is 0.493. The summed E-state index contributed by atoms with van der Waals surface area (Å²) in [4.78, 5) is 2.50. The average Bonchev–Trinajstić information content (AvgIpc) is 2.16. The van der Waals surface area contributed by atoms with Crippen LogP contribution in [0.1, 0.15) is 59.8 Å². The molecule has 0 amide bonds. The number of piperidine rings is 1. The molecule has 1 nitrogen and oxygen atoms in total. The molecule has 94 valence electrons. The van der Waals surface area contributed by atoms with Gasteiger partial charge in [-0.05, 0) is 37.0 Å². The summed E-state index contributed by atoms with van der Waals surface area (Å²) in [6.45, 7) is 16.0. The third-order valence-corrected chi connectivity index (χ3v) is 3.50. The van der Waals surface area contributed by atoms with Crippen LogP contribution >= 0.6 is 0 Å². The molecule has 0 bridgehead atoms. The SMILES string of the molecule is C=C(CCC)N1CCC(CC(C)(C)C)CC1. The van der Waals surface area contributed by atoms with Crippen molar-refractivity contribution in [2.24, 2.45) is 11.3 Å². The molecule has 1 rings (SSSR count). The third kappa shape index (κ3) is 4.59. The minimum Gasteiger partial charge on any atom is -0.375 e. The predicted octanol–water partition coefficient (Wildman–Crippen LogP) is 4.45. The zero-order valence-electron chi connectivity index (χ0n) is 11.7. The van der Waals surface area contributed by atoms with E-state index in [1.54, 1.807) is 0 Å². The summed E-state index contributed by atoms with van der Waals surface area (Å²) >= 11 is 0. The molecule has 0 aromatic rings. The van der Waals surface area contributed by atoms with E-state index in [-0.39, 0.29) is 0 Å². The number of rotatable bonds is 4. The van der Waals surface area contributed by atoms with Gasteiger partial charge in [-0.1, -0.05) is 40.7 Å². The van der Waals surface area contributed by atoms with Crippen LogP contribution < -0.4 is 0 Å². The van der Waals surface area contributed by atoms with Crippen molar-refractivity contribution in [3.8, 4) is 0 Å². The molecule has 0 atom stereocenters. The normalized spacial score (nSPS) is 18.9. The molecule has 0 aromatic heterocycles. The Balaban J connectivity index is 2.31. The summed E-state index contributed by atoms with van der Waals surface area (Å²) in [7, 11) is 0. The Kier molecular flexibility index (Phi) is 4.89. The second-order valence-corrected chi connectivity index (χ2v) is 6.51. The van der Waals surface area contributed by atoms with Crippen LogP contribution in [0.4, 0.5) is 0 Å². The summed E-state index contributed by atoms with van der Waals surface area (Å²) in [6, 6.07) is 0. The molecule has 1 heterocycles. The Hall–Kier alpha value is -0.460. The smallest absolute Gasteiger partial charge is 0.0177 e. The lowest BCUT2D eigenvalue weighted by atomic mass is 9.80. The molecular weight excluding hydrogens is 194 g/mol. The number of allylic oxidation sites excluding steroid dienone is 1. The Bertz CT molecular complexity index is 216. The van der Waals surface area contributed by atoms with Crippen molar-refractivity contribution in [3.05, 3.63) is 12.3 Å². The zero-order chi connectivity index (χ0) is 12.2. The van der Waals surface area contributed by atoms with Crippen molar-refractivity contribution in [2.75, 3.05) is 13.1 Å². The molecule has 0 spiro atoms. The van der Waals surface area contributed by atoms with Crippen LogP contribution in [0.2, 0.25) is 0 Å². The summed E-state index contributed by atoms with van der Waals surface area (Å²) in [5.41, 5.74) is 1.85. The first-order valence-corrected chi connectivity index (χ1v) is 6.85. The first-order chi connectivity index (χ1) is 7.42. The van der Waals surface area contributed by atoms with Gasteiger partial charge in [0.05, 0.1) is 0 Å². The van der Waals surface area contributed by atoms with Crippen LogP contribution in [0.25, 0.3) is 0 Å². The van der Waals surface area contributed by atoms with Crippen molar-refractivity contribution < 1.29 is 0 Å². The zero-order valence-corrected chi connectivity index (χ0v) is 11.7. The Morgan fingerprint density at radius 2 is 1.81 bits per heavy atom. The van der Waals surface area contributed by atoms with E-state index in [2.05, 4.69) is 39.2 Å². The molecule has 0 aliphatic carbocycles. The van der Waals surface area contributed by atoms with E-state index in [0.717, 1.165) is 5.92 Å². The van der Waals surface area contributed by atoms with E-state index in [0.29, 0.717) is 5.41 Å². The number of hydrogen-bond donors (Lipinski definition) is 0. The van der Waals surface area contributed by atoms with Gasteiger partial charge in [-0.25, -0.2) is 0 Å². The fraction of sp³-hybridized carbons (Fsp3) is 0.867. The Labute approximate surface area is 102 Å². The monoisotopic (exact) mass is 223 g/mol. The minimum atomic E-state index is 0.493. The van der Waals surface area contributed by atoms with Crippen molar-refractivity contribution in [2.45, 2.75) is 59.8 Å². The van der Waals surface area contributed by atoms with Crippen LogP contribution in [0.5, 0.6) is 0 Å². The second-order valence-electron chi connectivity index (χ2n) is 6.51. The Morgan fingerprint density at radius 3 is 2.25 bits per heavy atom. The molecule has 0 N–H and O–H groups in total. The first kappa shape index (κ1) is 13.6. The molecule has 1 fully saturated rings. The van der Waals surface area contributed by atoms with E-state index >= 15 is 0 Å². The van der Waals surface area contributed by atoms with Gasteiger partial charge in [-0.3, -0.25) is 0 Å². The van der Waals surface area contributed by atoms with Crippen molar-refractivity contribution in [3.63, 3.8) is 0 Å². The third-order valence-electron chi connectivity index (χ3n) is 3.50. The lowest BCUT2D eigenvalue weighted by Gasteiger charge is -2.37. The maximum Gasteiger partial charge on any atom is 0.0177 e. The largest absolute Gasteiger partial charge is 0.375 e. The summed E-state index contributed by atoms with van der Waals surface area (Å²) < 4.78 is 0. The van der Waals surface area contributed by atoms with E-state index in [4.69, 9.17) is 0 Å². The number of likely N-dealkylation sites (tertiary alicyclic amines) is 1. The molecule has 1 heteroatoms. The topological polar surface area (TPSA) is 3.24 Å². The first-order valence-electron chi connectivity index (χ1n) is 6.85.